The molecular weight excluding hydrogens is 476 g/mol. The fraction of sp³-hybridized carbons (Fsp3) is 0.125. The van der Waals surface area contributed by atoms with Crippen molar-refractivity contribution in [1.82, 2.24) is 0 Å². The number of nitrogens with zero attached hydrogens (tertiary/aromatic N) is 2. The van der Waals surface area contributed by atoms with Crippen LogP contribution >= 0.6 is 0 Å². The van der Waals surface area contributed by atoms with Gasteiger partial charge in [-0.15, -0.1) is 0 Å². The molecule has 0 aliphatic rings. The van der Waals surface area contributed by atoms with Crippen molar-refractivity contribution in [1.29, 1.82) is 0 Å². The number of carbonyl (C=O) groups is 4. The van der Waals surface area contributed by atoms with E-state index in [0.717, 1.165) is 47.6 Å². The molecule has 38 heavy (non-hydrogen) atoms. The molecular formula is C32H30N2O4. The van der Waals surface area contributed by atoms with Crippen LogP contribution < -0.4 is 9.80 Å². The zero-order valence-corrected chi connectivity index (χ0v) is 21.9. The van der Waals surface area contributed by atoms with Gasteiger partial charge in [-0.2, -0.15) is 0 Å². The largest absolute Gasteiger partial charge is 0.377 e. The van der Waals surface area contributed by atoms with Gasteiger partial charge in [0.05, 0.1) is 0 Å². The minimum Gasteiger partial charge on any atom is -0.377 e. The quantitative estimate of drug-likeness (QED) is 0.269. The normalized spacial score (nSPS) is 10.0. The maximum atomic E-state index is 11.2. The van der Waals surface area contributed by atoms with E-state index in [0.29, 0.717) is 33.4 Å². The van der Waals surface area contributed by atoms with E-state index < -0.39 is 0 Å². The highest BCUT2D eigenvalue weighted by Crippen LogP contribution is 2.34. The molecule has 6 nitrogen and oxygen atoms in total. The molecule has 0 saturated carbocycles. The fourth-order valence-corrected chi connectivity index (χ4v) is 4.34. The molecule has 4 aromatic rings. The molecule has 0 fully saturated rings. The molecule has 192 valence electrons. The maximum Gasteiger partial charge on any atom is 0.150 e. The van der Waals surface area contributed by atoms with Gasteiger partial charge in [0.15, 0.2) is 25.1 Å². The summed E-state index contributed by atoms with van der Waals surface area (Å²) in [5.74, 6) is 0. The Morgan fingerprint density at radius 2 is 0.711 bits per heavy atom. The van der Waals surface area contributed by atoms with Gasteiger partial charge in [-0.3, -0.25) is 19.2 Å². The van der Waals surface area contributed by atoms with Crippen molar-refractivity contribution in [3.63, 3.8) is 0 Å². The fourth-order valence-electron chi connectivity index (χ4n) is 4.34. The van der Waals surface area contributed by atoms with Crippen LogP contribution in [0, 0.1) is 0 Å². The molecule has 0 atom stereocenters. The van der Waals surface area contributed by atoms with Crippen LogP contribution in [-0.2, 0) is 0 Å². The van der Waals surface area contributed by atoms with Crippen LogP contribution in [0.25, 0.3) is 22.3 Å². The second kappa shape index (κ2) is 12.9. The minimum absolute atomic E-state index is 0.527. The van der Waals surface area contributed by atoms with Crippen LogP contribution in [0.1, 0.15) is 41.4 Å². The first-order valence-corrected chi connectivity index (χ1v) is 12.0. The van der Waals surface area contributed by atoms with E-state index in [1.54, 1.807) is 36.4 Å². The van der Waals surface area contributed by atoms with E-state index in [-0.39, 0.29) is 0 Å². The zero-order chi connectivity index (χ0) is 27.7. The highest BCUT2D eigenvalue weighted by atomic mass is 16.1. The Morgan fingerprint density at radius 3 is 0.974 bits per heavy atom. The molecule has 0 radical (unpaired) electrons. The maximum absolute atomic E-state index is 11.2. The summed E-state index contributed by atoms with van der Waals surface area (Å²) in [6, 6.07) is 25.8. The Hall–Kier alpha value is -4.84. The van der Waals surface area contributed by atoms with Crippen molar-refractivity contribution < 1.29 is 19.2 Å². The SMILES string of the molecule is CN(C)c1ccccc1-c1c(C=O)cccc1C=O.CN(C)c1ccccc1-c1c(C=O)cccc1C=O. The third-order valence-electron chi connectivity index (χ3n) is 6.08. The molecule has 0 unspecified atom stereocenters. The Kier molecular flexibility index (Phi) is 9.43. The lowest BCUT2D eigenvalue weighted by molar-refractivity contribution is 0.111. The summed E-state index contributed by atoms with van der Waals surface area (Å²) in [5.41, 5.74) is 7.21. The van der Waals surface area contributed by atoms with E-state index in [9.17, 15) is 19.2 Å². The summed E-state index contributed by atoms with van der Waals surface area (Å²) < 4.78 is 0. The van der Waals surface area contributed by atoms with Crippen LogP contribution in [0.4, 0.5) is 11.4 Å². The second-order valence-corrected chi connectivity index (χ2v) is 8.92. The average Bonchev–Trinajstić information content (AvgIpc) is 2.96. The number of para-hydroxylation sites is 2. The van der Waals surface area contributed by atoms with E-state index >= 15 is 0 Å². The van der Waals surface area contributed by atoms with Gasteiger partial charge in [0.2, 0.25) is 0 Å². The third kappa shape index (κ3) is 5.93. The molecule has 4 aromatic carbocycles. The van der Waals surface area contributed by atoms with Gasteiger partial charge in [-0.1, -0.05) is 72.8 Å². The van der Waals surface area contributed by atoms with Gasteiger partial charge in [0.25, 0.3) is 0 Å². The lowest BCUT2D eigenvalue weighted by atomic mass is 9.94. The number of aldehydes is 4. The predicted molar refractivity (Wildman–Crippen MR) is 154 cm³/mol. The van der Waals surface area contributed by atoms with Gasteiger partial charge in [0, 0.05) is 84.1 Å². The van der Waals surface area contributed by atoms with E-state index in [1.165, 1.54) is 0 Å². The number of hydrogen-bond donors (Lipinski definition) is 0. The summed E-state index contributed by atoms with van der Waals surface area (Å²) >= 11 is 0. The lowest BCUT2D eigenvalue weighted by Gasteiger charge is -2.19. The second-order valence-electron chi connectivity index (χ2n) is 8.92. The monoisotopic (exact) mass is 506 g/mol. The Morgan fingerprint density at radius 1 is 0.421 bits per heavy atom. The van der Waals surface area contributed by atoms with Crippen molar-refractivity contribution in [2.45, 2.75) is 0 Å². The van der Waals surface area contributed by atoms with Crippen LogP contribution in [0.2, 0.25) is 0 Å². The standard InChI is InChI=1S/2C16H15NO2/c2*1-17(2)15-9-4-3-8-14(15)16-12(10-18)6-5-7-13(16)11-19/h2*3-11H,1-2H3. The summed E-state index contributed by atoms with van der Waals surface area (Å²) in [5, 5.41) is 0. The van der Waals surface area contributed by atoms with Crippen LogP contribution in [0.3, 0.4) is 0 Å². The van der Waals surface area contributed by atoms with E-state index in [2.05, 4.69) is 0 Å². The number of anilines is 2. The number of carbonyl (C=O) groups excluding carboxylic acids is 4. The van der Waals surface area contributed by atoms with Gasteiger partial charge >= 0.3 is 0 Å². The summed E-state index contributed by atoms with van der Waals surface area (Å²) in [4.78, 5) is 48.8. The first kappa shape index (κ1) is 27.7. The topological polar surface area (TPSA) is 74.8 Å². The Labute approximate surface area is 223 Å². The smallest absolute Gasteiger partial charge is 0.150 e. The first-order chi connectivity index (χ1) is 18.4. The zero-order valence-electron chi connectivity index (χ0n) is 21.9. The molecule has 0 bridgehead atoms. The summed E-state index contributed by atoms with van der Waals surface area (Å²) in [6.45, 7) is 0. The molecule has 0 aliphatic heterocycles. The highest BCUT2D eigenvalue weighted by Gasteiger charge is 2.15. The van der Waals surface area contributed by atoms with Crippen LogP contribution in [0.15, 0.2) is 84.9 Å². The van der Waals surface area contributed by atoms with Gasteiger partial charge in [-0.05, 0) is 12.1 Å². The van der Waals surface area contributed by atoms with Crippen molar-refractivity contribution in [3.8, 4) is 22.3 Å². The molecule has 0 spiro atoms. The highest BCUT2D eigenvalue weighted by molar-refractivity contribution is 6.01. The van der Waals surface area contributed by atoms with E-state index in [4.69, 9.17) is 0 Å². The van der Waals surface area contributed by atoms with Crippen molar-refractivity contribution in [2.75, 3.05) is 38.0 Å². The number of hydrogen-bond acceptors (Lipinski definition) is 6. The van der Waals surface area contributed by atoms with Crippen molar-refractivity contribution in [2.24, 2.45) is 0 Å². The summed E-state index contributed by atoms with van der Waals surface area (Å²) in [6.07, 6.45) is 3.15. The first-order valence-electron chi connectivity index (χ1n) is 12.0. The van der Waals surface area contributed by atoms with Crippen molar-refractivity contribution in [3.05, 3.63) is 107 Å². The number of rotatable bonds is 8. The lowest BCUT2D eigenvalue weighted by Crippen LogP contribution is -2.10. The third-order valence-corrected chi connectivity index (χ3v) is 6.08. The van der Waals surface area contributed by atoms with Crippen LogP contribution in [-0.4, -0.2) is 53.3 Å². The molecule has 6 heteroatoms. The summed E-state index contributed by atoms with van der Waals surface area (Å²) in [7, 11) is 7.73. The van der Waals surface area contributed by atoms with Gasteiger partial charge in [-0.25, -0.2) is 0 Å². The molecule has 0 aliphatic carbocycles. The van der Waals surface area contributed by atoms with Crippen molar-refractivity contribution >= 4 is 36.5 Å². The van der Waals surface area contributed by atoms with Gasteiger partial charge < -0.3 is 9.80 Å². The van der Waals surface area contributed by atoms with E-state index in [1.807, 2.05) is 86.5 Å². The molecule has 0 N–H and O–H groups in total. The van der Waals surface area contributed by atoms with Gasteiger partial charge in [0.1, 0.15) is 0 Å². The molecule has 0 heterocycles. The molecule has 0 amide bonds. The minimum atomic E-state index is 0.527. The molecule has 4 rings (SSSR count). The number of benzene rings is 4. The Bertz CT molecular complexity index is 1290. The molecule has 0 saturated heterocycles. The van der Waals surface area contributed by atoms with Crippen LogP contribution in [0.5, 0.6) is 0 Å². The Balaban J connectivity index is 0.000000211. The average molecular weight is 507 g/mol. The molecule has 0 aromatic heterocycles. The predicted octanol–water partition coefficient (Wildman–Crippen LogP) is 6.09.